The fourth-order valence-corrected chi connectivity index (χ4v) is 4.47. The molecule has 1 saturated heterocycles. The lowest BCUT2D eigenvalue weighted by Gasteiger charge is -2.24. The maximum atomic E-state index is 13.5. The van der Waals surface area contributed by atoms with Gasteiger partial charge in [-0.1, -0.05) is 18.2 Å². The summed E-state index contributed by atoms with van der Waals surface area (Å²) in [4.78, 5) is 19.6. The molecule has 0 saturated carbocycles. The monoisotopic (exact) mass is 358 g/mol. The Labute approximate surface area is 158 Å². The molecule has 2 aromatic heterocycles. The van der Waals surface area contributed by atoms with Crippen LogP contribution in [0.4, 0.5) is 0 Å². The smallest absolute Gasteiger partial charge is 0.275 e. The molecule has 2 aliphatic rings. The minimum Gasteiger partial charge on any atom is -0.330 e. The van der Waals surface area contributed by atoms with Crippen LogP contribution in [0.5, 0.6) is 0 Å². The Morgan fingerprint density at radius 2 is 1.81 bits per heavy atom. The molecule has 3 aromatic rings. The van der Waals surface area contributed by atoms with E-state index in [4.69, 9.17) is 5.10 Å². The summed E-state index contributed by atoms with van der Waals surface area (Å²) in [6, 6.07) is 14.3. The zero-order valence-electron chi connectivity index (χ0n) is 15.2. The van der Waals surface area contributed by atoms with Gasteiger partial charge in [-0.2, -0.15) is 5.10 Å². The molecule has 1 aliphatic heterocycles. The molecule has 27 heavy (non-hydrogen) atoms. The van der Waals surface area contributed by atoms with Crippen molar-refractivity contribution in [1.29, 1.82) is 0 Å². The van der Waals surface area contributed by atoms with Crippen LogP contribution in [-0.2, 0) is 12.8 Å². The summed E-state index contributed by atoms with van der Waals surface area (Å²) in [6.45, 7) is 0.790. The Kier molecular flexibility index (Phi) is 4.00. The molecule has 5 rings (SSSR count). The maximum absolute atomic E-state index is 13.5. The number of benzene rings is 1. The third kappa shape index (κ3) is 2.74. The number of nitrogens with zero attached hydrogens (tertiary/aromatic N) is 4. The Balaban J connectivity index is 1.52. The van der Waals surface area contributed by atoms with Crippen LogP contribution < -0.4 is 0 Å². The highest BCUT2D eigenvalue weighted by atomic mass is 16.2. The van der Waals surface area contributed by atoms with E-state index in [1.54, 1.807) is 12.4 Å². The van der Waals surface area contributed by atoms with Crippen molar-refractivity contribution in [3.63, 3.8) is 0 Å². The van der Waals surface area contributed by atoms with Crippen LogP contribution in [0.1, 0.15) is 52.6 Å². The van der Waals surface area contributed by atoms with Gasteiger partial charge in [0.25, 0.3) is 5.91 Å². The van der Waals surface area contributed by atoms with Crippen molar-refractivity contribution in [2.24, 2.45) is 0 Å². The maximum Gasteiger partial charge on any atom is 0.275 e. The van der Waals surface area contributed by atoms with Crippen LogP contribution in [-0.4, -0.2) is 32.1 Å². The van der Waals surface area contributed by atoms with Crippen LogP contribution in [0.2, 0.25) is 0 Å². The van der Waals surface area contributed by atoms with Gasteiger partial charge in [0.1, 0.15) is 0 Å². The van der Waals surface area contributed by atoms with Crippen molar-refractivity contribution < 1.29 is 4.79 Å². The van der Waals surface area contributed by atoms with E-state index in [0.29, 0.717) is 5.69 Å². The van der Waals surface area contributed by atoms with Crippen LogP contribution in [0.3, 0.4) is 0 Å². The van der Waals surface area contributed by atoms with Crippen molar-refractivity contribution in [2.75, 3.05) is 6.54 Å². The lowest BCUT2D eigenvalue weighted by Crippen LogP contribution is -2.31. The standard InChI is InChI=1S/C22H22N4O/c27-22(25-15-5-10-19(25)16-11-13-23-14-12-16)21-18-8-4-9-20(18)26(24-21)17-6-2-1-3-7-17/h1-3,6-7,11-14,19H,4-5,8-10,15H2. The molecule has 0 bridgehead atoms. The van der Waals surface area contributed by atoms with Gasteiger partial charge < -0.3 is 4.90 Å². The summed E-state index contributed by atoms with van der Waals surface area (Å²) in [5, 5.41) is 4.79. The number of pyridine rings is 1. The second kappa shape index (κ2) is 6.65. The molecule has 0 radical (unpaired) electrons. The second-order valence-corrected chi connectivity index (χ2v) is 7.31. The number of para-hydroxylation sites is 1. The van der Waals surface area contributed by atoms with Gasteiger partial charge in [-0.3, -0.25) is 9.78 Å². The SMILES string of the molecule is O=C(c1nn(-c2ccccc2)c2c1CCC2)N1CCCC1c1ccncc1. The molecule has 0 N–H and O–H groups in total. The van der Waals surface area contributed by atoms with Crippen LogP contribution in [0, 0.1) is 0 Å². The fourth-order valence-electron chi connectivity index (χ4n) is 4.47. The highest BCUT2D eigenvalue weighted by molar-refractivity contribution is 5.94. The fraction of sp³-hybridized carbons (Fsp3) is 0.318. The van der Waals surface area contributed by atoms with Gasteiger partial charge in [0.15, 0.2) is 5.69 Å². The highest BCUT2D eigenvalue weighted by Gasteiger charge is 2.35. The summed E-state index contributed by atoms with van der Waals surface area (Å²) in [5.41, 5.74) is 5.18. The molecule has 1 atom stereocenters. The Morgan fingerprint density at radius 3 is 2.63 bits per heavy atom. The lowest BCUT2D eigenvalue weighted by atomic mass is 10.1. The quantitative estimate of drug-likeness (QED) is 0.717. The summed E-state index contributed by atoms with van der Waals surface area (Å²) < 4.78 is 1.98. The van der Waals surface area contributed by atoms with Gasteiger partial charge >= 0.3 is 0 Å². The topological polar surface area (TPSA) is 51.0 Å². The first kappa shape index (κ1) is 16.2. The normalized spacial score (nSPS) is 18.7. The van der Waals surface area contributed by atoms with Gasteiger partial charge in [0, 0.05) is 30.2 Å². The minimum atomic E-state index is 0.0714. The number of aromatic nitrogens is 3. The third-order valence-corrected chi connectivity index (χ3v) is 5.74. The molecule has 3 heterocycles. The van der Waals surface area contributed by atoms with E-state index in [2.05, 4.69) is 17.1 Å². The molecular weight excluding hydrogens is 336 g/mol. The van der Waals surface area contributed by atoms with E-state index < -0.39 is 0 Å². The van der Waals surface area contributed by atoms with Crippen LogP contribution >= 0.6 is 0 Å². The molecule has 5 nitrogen and oxygen atoms in total. The first-order valence-corrected chi connectivity index (χ1v) is 9.70. The van der Waals surface area contributed by atoms with Crippen molar-refractivity contribution in [1.82, 2.24) is 19.7 Å². The largest absolute Gasteiger partial charge is 0.330 e. The van der Waals surface area contributed by atoms with E-state index in [-0.39, 0.29) is 11.9 Å². The number of amides is 1. The average molecular weight is 358 g/mol. The first-order chi connectivity index (χ1) is 13.3. The number of hydrogen-bond donors (Lipinski definition) is 0. The van der Waals surface area contributed by atoms with Crippen molar-refractivity contribution in [3.05, 3.63) is 77.4 Å². The van der Waals surface area contributed by atoms with Gasteiger partial charge in [-0.15, -0.1) is 0 Å². The molecule has 1 amide bonds. The van der Waals surface area contributed by atoms with Crippen molar-refractivity contribution in [3.8, 4) is 5.69 Å². The Hall–Kier alpha value is -2.95. The third-order valence-electron chi connectivity index (χ3n) is 5.74. The van der Waals surface area contributed by atoms with Gasteiger partial charge in [-0.05, 0) is 61.9 Å². The number of fused-ring (bicyclic) bond motifs is 1. The molecule has 5 heteroatoms. The predicted molar refractivity (Wildman–Crippen MR) is 103 cm³/mol. The van der Waals surface area contributed by atoms with E-state index in [1.807, 2.05) is 39.9 Å². The predicted octanol–water partition coefficient (Wildman–Crippen LogP) is 3.73. The number of rotatable bonds is 3. The lowest BCUT2D eigenvalue weighted by molar-refractivity contribution is 0.0728. The van der Waals surface area contributed by atoms with Gasteiger partial charge in [0.2, 0.25) is 0 Å². The minimum absolute atomic E-state index is 0.0714. The number of carbonyl (C=O) groups is 1. The zero-order valence-corrected chi connectivity index (χ0v) is 15.2. The van der Waals surface area contributed by atoms with E-state index in [9.17, 15) is 4.79 Å². The van der Waals surface area contributed by atoms with Gasteiger partial charge in [-0.25, -0.2) is 4.68 Å². The molecular formula is C22H22N4O. The second-order valence-electron chi connectivity index (χ2n) is 7.31. The summed E-state index contributed by atoms with van der Waals surface area (Å²) >= 11 is 0. The Morgan fingerprint density at radius 1 is 1.00 bits per heavy atom. The zero-order chi connectivity index (χ0) is 18.2. The van der Waals surface area contributed by atoms with E-state index in [1.165, 1.54) is 5.69 Å². The number of carbonyl (C=O) groups excluding carboxylic acids is 1. The van der Waals surface area contributed by atoms with Crippen LogP contribution in [0.25, 0.3) is 5.69 Å². The number of likely N-dealkylation sites (tertiary alicyclic amines) is 1. The summed E-state index contributed by atoms with van der Waals surface area (Å²) in [5.74, 6) is 0.0714. The van der Waals surface area contributed by atoms with Crippen LogP contribution in [0.15, 0.2) is 54.9 Å². The molecule has 1 unspecified atom stereocenters. The van der Waals surface area contributed by atoms with Gasteiger partial charge in [0.05, 0.1) is 11.7 Å². The Bertz CT molecular complexity index is 965. The number of hydrogen-bond acceptors (Lipinski definition) is 3. The van der Waals surface area contributed by atoms with Crippen molar-refractivity contribution >= 4 is 5.91 Å². The molecule has 136 valence electrons. The first-order valence-electron chi connectivity index (χ1n) is 9.70. The van der Waals surface area contributed by atoms with E-state index in [0.717, 1.165) is 55.5 Å². The summed E-state index contributed by atoms with van der Waals surface area (Å²) in [6.07, 6.45) is 8.65. The van der Waals surface area contributed by atoms with Crippen molar-refractivity contribution in [2.45, 2.75) is 38.1 Å². The molecule has 0 spiro atoms. The average Bonchev–Trinajstić information content (AvgIpc) is 3.45. The summed E-state index contributed by atoms with van der Waals surface area (Å²) in [7, 11) is 0. The molecule has 1 aromatic carbocycles. The highest BCUT2D eigenvalue weighted by Crippen LogP contribution is 2.35. The molecule has 1 aliphatic carbocycles. The van der Waals surface area contributed by atoms with E-state index >= 15 is 0 Å². The molecule has 1 fully saturated rings.